The van der Waals surface area contributed by atoms with Gasteiger partial charge in [-0.3, -0.25) is 0 Å². The van der Waals surface area contributed by atoms with E-state index in [2.05, 4.69) is 176 Å². The SMILES string of the molecule is N#Cc1ccc(-c2cccc(-c3cc(-c4ccccc4)nc(-c4ccc(-c5ccc(-c6c7ccccc7cc7c6ccc6ccccc67)cc5)c5ccccc45)n3)c2)cc1. The monoisotopic (exact) mass is 761 g/mol. The fourth-order valence-corrected chi connectivity index (χ4v) is 8.76. The molecule has 0 fully saturated rings. The summed E-state index contributed by atoms with van der Waals surface area (Å²) in [6, 6.07) is 77.0. The molecule has 0 radical (unpaired) electrons. The first-order valence-electron chi connectivity index (χ1n) is 20.2. The van der Waals surface area contributed by atoms with Gasteiger partial charge >= 0.3 is 0 Å². The summed E-state index contributed by atoms with van der Waals surface area (Å²) in [4.78, 5) is 10.5. The lowest BCUT2D eigenvalue weighted by Crippen LogP contribution is -1.97. The Labute approximate surface area is 348 Å². The third kappa shape index (κ3) is 6.16. The number of rotatable bonds is 6. The van der Waals surface area contributed by atoms with Gasteiger partial charge in [0, 0.05) is 16.7 Å². The predicted octanol–water partition coefficient (Wildman–Crippen LogP) is 15.0. The van der Waals surface area contributed by atoms with Gasteiger partial charge in [0.05, 0.1) is 23.0 Å². The molecule has 60 heavy (non-hydrogen) atoms. The molecule has 0 unspecified atom stereocenters. The van der Waals surface area contributed by atoms with E-state index < -0.39 is 0 Å². The van der Waals surface area contributed by atoms with Crippen molar-refractivity contribution in [2.45, 2.75) is 0 Å². The van der Waals surface area contributed by atoms with Gasteiger partial charge in [0.1, 0.15) is 0 Å². The van der Waals surface area contributed by atoms with Gasteiger partial charge < -0.3 is 0 Å². The Bertz CT molecular complexity index is 3470. The highest BCUT2D eigenvalue weighted by Crippen LogP contribution is 2.41. The molecule has 0 amide bonds. The summed E-state index contributed by atoms with van der Waals surface area (Å²) in [6.07, 6.45) is 0. The van der Waals surface area contributed by atoms with Crippen LogP contribution in [0.4, 0.5) is 0 Å². The van der Waals surface area contributed by atoms with Gasteiger partial charge in [-0.15, -0.1) is 0 Å². The van der Waals surface area contributed by atoms with Crippen molar-refractivity contribution in [2.75, 3.05) is 0 Å². The van der Waals surface area contributed by atoms with Gasteiger partial charge in [-0.05, 0) is 113 Å². The molecule has 3 heteroatoms. The van der Waals surface area contributed by atoms with Gasteiger partial charge in [0.15, 0.2) is 5.82 Å². The smallest absolute Gasteiger partial charge is 0.161 e. The molecule has 1 heterocycles. The summed E-state index contributed by atoms with van der Waals surface area (Å²) in [5.74, 6) is 0.670. The van der Waals surface area contributed by atoms with E-state index in [1.807, 2.05) is 42.5 Å². The molecule has 11 rings (SSSR count). The van der Waals surface area contributed by atoms with Crippen LogP contribution in [-0.2, 0) is 0 Å². The number of hydrogen-bond acceptors (Lipinski definition) is 3. The first-order chi connectivity index (χ1) is 29.7. The predicted molar refractivity (Wildman–Crippen MR) is 249 cm³/mol. The zero-order valence-electron chi connectivity index (χ0n) is 32.5. The zero-order chi connectivity index (χ0) is 40.0. The fraction of sp³-hybridized carbons (Fsp3) is 0. The molecule has 11 aromatic rings. The molecule has 10 aromatic carbocycles. The summed E-state index contributed by atoms with van der Waals surface area (Å²) in [5, 5.41) is 19.1. The van der Waals surface area contributed by atoms with Crippen LogP contribution in [0.2, 0.25) is 0 Å². The minimum Gasteiger partial charge on any atom is -0.228 e. The van der Waals surface area contributed by atoms with Crippen LogP contribution in [0, 0.1) is 11.3 Å². The van der Waals surface area contributed by atoms with E-state index in [9.17, 15) is 5.26 Å². The van der Waals surface area contributed by atoms with Gasteiger partial charge in [0.2, 0.25) is 0 Å². The van der Waals surface area contributed by atoms with Crippen LogP contribution >= 0.6 is 0 Å². The van der Waals surface area contributed by atoms with Crippen LogP contribution in [0.15, 0.2) is 212 Å². The van der Waals surface area contributed by atoms with E-state index in [4.69, 9.17) is 9.97 Å². The van der Waals surface area contributed by atoms with Crippen LogP contribution < -0.4 is 0 Å². The van der Waals surface area contributed by atoms with Crippen molar-refractivity contribution in [3.63, 3.8) is 0 Å². The average Bonchev–Trinajstić information content (AvgIpc) is 3.33. The van der Waals surface area contributed by atoms with E-state index in [-0.39, 0.29) is 0 Å². The Balaban J connectivity index is 1.02. The molecule has 3 nitrogen and oxygen atoms in total. The minimum absolute atomic E-state index is 0.640. The molecule has 0 spiro atoms. The summed E-state index contributed by atoms with van der Waals surface area (Å²) in [5.41, 5.74) is 12.2. The molecule has 0 bridgehead atoms. The second-order valence-corrected chi connectivity index (χ2v) is 15.2. The molecule has 0 aliphatic heterocycles. The molecular formula is C57H35N3. The molecule has 0 atom stereocenters. The number of benzene rings is 10. The fourth-order valence-electron chi connectivity index (χ4n) is 8.76. The highest BCUT2D eigenvalue weighted by molar-refractivity contribution is 6.20. The van der Waals surface area contributed by atoms with E-state index in [1.165, 1.54) is 43.4 Å². The minimum atomic E-state index is 0.640. The Hall–Kier alpha value is -8.19. The first-order valence-corrected chi connectivity index (χ1v) is 20.2. The summed E-state index contributed by atoms with van der Waals surface area (Å²) >= 11 is 0. The zero-order valence-corrected chi connectivity index (χ0v) is 32.5. The Morgan fingerprint density at radius 3 is 1.67 bits per heavy atom. The molecule has 0 saturated carbocycles. The second kappa shape index (κ2) is 14.6. The number of aromatic nitrogens is 2. The van der Waals surface area contributed by atoms with Gasteiger partial charge in [-0.1, -0.05) is 176 Å². The lowest BCUT2D eigenvalue weighted by atomic mass is 9.88. The maximum atomic E-state index is 9.34. The van der Waals surface area contributed by atoms with Crippen LogP contribution in [0.1, 0.15) is 5.56 Å². The van der Waals surface area contributed by atoms with Crippen molar-refractivity contribution in [3.05, 3.63) is 218 Å². The quantitative estimate of drug-likeness (QED) is 0.125. The molecular weight excluding hydrogens is 727 g/mol. The largest absolute Gasteiger partial charge is 0.228 e. The summed E-state index contributed by atoms with van der Waals surface area (Å²) < 4.78 is 0. The van der Waals surface area contributed by atoms with Crippen molar-refractivity contribution in [3.8, 4) is 73.4 Å². The molecule has 1 aromatic heterocycles. The summed E-state index contributed by atoms with van der Waals surface area (Å²) in [7, 11) is 0. The van der Waals surface area contributed by atoms with E-state index in [0.717, 1.165) is 61.1 Å². The van der Waals surface area contributed by atoms with Crippen LogP contribution in [0.5, 0.6) is 0 Å². The maximum Gasteiger partial charge on any atom is 0.161 e. The van der Waals surface area contributed by atoms with Crippen molar-refractivity contribution in [2.24, 2.45) is 0 Å². The van der Waals surface area contributed by atoms with Crippen LogP contribution in [0.3, 0.4) is 0 Å². The number of fused-ring (bicyclic) bond motifs is 5. The number of nitrogens with zero attached hydrogens (tertiary/aromatic N) is 3. The normalized spacial score (nSPS) is 11.3. The molecule has 278 valence electrons. The van der Waals surface area contributed by atoms with Gasteiger partial charge in [-0.2, -0.15) is 5.26 Å². The van der Waals surface area contributed by atoms with Crippen molar-refractivity contribution in [1.29, 1.82) is 5.26 Å². The molecule has 0 aliphatic carbocycles. The van der Waals surface area contributed by atoms with E-state index >= 15 is 0 Å². The number of hydrogen-bond donors (Lipinski definition) is 0. The van der Waals surface area contributed by atoms with Gasteiger partial charge in [-0.25, -0.2) is 9.97 Å². The highest BCUT2D eigenvalue weighted by atomic mass is 14.9. The third-order valence-corrected chi connectivity index (χ3v) is 11.7. The Morgan fingerprint density at radius 2 is 0.900 bits per heavy atom. The maximum absolute atomic E-state index is 9.34. The lowest BCUT2D eigenvalue weighted by molar-refractivity contribution is 1.19. The third-order valence-electron chi connectivity index (χ3n) is 11.7. The standard InChI is InChI=1S/C57H35N3/c58-36-37-21-23-38(24-22-37)43-15-10-16-45(33-43)55-35-54(41-12-2-1-3-13-41)59-57(60-55)52-32-31-47(49-19-8-9-20-50(49)52)40-25-27-42(28-26-40)56-48-18-7-5-14-44(48)34-53-46-17-6-4-11-39(46)29-30-51(53)56/h1-35H. The van der Waals surface area contributed by atoms with Crippen molar-refractivity contribution < 1.29 is 0 Å². The van der Waals surface area contributed by atoms with Crippen molar-refractivity contribution >= 4 is 43.1 Å². The molecule has 0 saturated heterocycles. The van der Waals surface area contributed by atoms with Gasteiger partial charge in [0.25, 0.3) is 0 Å². The van der Waals surface area contributed by atoms with E-state index in [0.29, 0.717) is 11.4 Å². The Kier molecular flexibility index (Phi) is 8.54. The topological polar surface area (TPSA) is 49.6 Å². The molecule has 0 N–H and O–H groups in total. The lowest BCUT2D eigenvalue weighted by Gasteiger charge is -2.16. The first kappa shape index (κ1) is 35.0. The average molecular weight is 762 g/mol. The van der Waals surface area contributed by atoms with Crippen LogP contribution in [-0.4, -0.2) is 9.97 Å². The van der Waals surface area contributed by atoms with E-state index in [1.54, 1.807) is 0 Å². The molecule has 0 aliphatic rings. The van der Waals surface area contributed by atoms with Crippen LogP contribution in [0.25, 0.3) is 110 Å². The number of nitriles is 1. The highest BCUT2D eigenvalue weighted by Gasteiger charge is 2.17. The Morgan fingerprint density at radius 1 is 0.317 bits per heavy atom. The summed E-state index contributed by atoms with van der Waals surface area (Å²) in [6.45, 7) is 0. The second-order valence-electron chi connectivity index (χ2n) is 15.2. The van der Waals surface area contributed by atoms with Crippen molar-refractivity contribution in [1.82, 2.24) is 9.97 Å².